The first-order chi connectivity index (χ1) is 8.02. The van der Waals surface area contributed by atoms with Crippen LogP contribution in [0.25, 0.3) is 0 Å². The fraction of sp³-hybridized carbons (Fsp3) is 0.929. The summed E-state index contributed by atoms with van der Waals surface area (Å²) in [5, 5.41) is 3.02. The largest absolute Gasteiger partial charge is 0.354 e. The van der Waals surface area contributed by atoms with E-state index in [1.807, 2.05) is 0 Å². The molecule has 1 amide bonds. The number of unbranched alkanes of at least 4 members (excludes halogenated alkanes) is 1. The Morgan fingerprint density at radius 3 is 2.24 bits per heavy atom. The third-order valence-corrected chi connectivity index (χ3v) is 3.79. The Morgan fingerprint density at radius 1 is 1.24 bits per heavy atom. The number of hydrogen-bond acceptors (Lipinski definition) is 2. The fourth-order valence-corrected chi connectivity index (χ4v) is 1.88. The van der Waals surface area contributed by atoms with Gasteiger partial charge < -0.3 is 11.1 Å². The minimum absolute atomic E-state index is 0.160. The Labute approximate surface area is 107 Å². The minimum atomic E-state index is -0.237. The number of nitrogens with one attached hydrogen (secondary N) is 1. The van der Waals surface area contributed by atoms with Crippen LogP contribution in [-0.2, 0) is 4.79 Å². The SMILES string of the molecule is CCCCC(CC)C(=O)NCC(N)(CC)CC. The number of nitrogens with two attached hydrogens (primary N) is 1. The van der Waals surface area contributed by atoms with Crippen LogP contribution in [0.4, 0.5) is 0 Å². The van der Waals surface area contributed by atoms with E-state index in [4.69, 9.17) is 5.73 Å². The van der Waals surface area contributed by atoms with Crippen molar-refractivity contribution in [1.29, 1.82) is 0 Å². The van der Waals surface area contributed by atoms with Gasteiger partial charge in [-0.15, -0.1) is 0 Å². The van der Waals surface area contributed by atoms with E-state index >= 15 is 0 Å². The zero-order valence-corrected chi connectivity index (χ0v) is 12.0. The molecule has 0 aliphatic carbocycles. The van der Waals surface area contributed by atoms with Gasteiger partial charge >= 0.3 is 0 Å². The van der Waals surface area contributed by atoms with Gasteiger partial charge in [-0.3, -0.25) is 4.79 Å². The van der Waals surface area contributed by atoms with Gasteiger partial charge in [0.05, 0.1) is 0 Å². The Kier molecular flexibility index (Phi) is 8.23. The molecule has 0 saturated carbocycles. The predicted molar refractivity (Wildman–Crippen MR) is 73.8 cm³/mol. The van der Waals surface area contributed by atoms with E-state index in [2.05, 4.69) is 33.0 Å². The van der Waals surface area contributed by atoms with Gasteiger partial charge in [0.2, 0.25) is 5.91 Å². The number of rotatable bonds is 9. The first-order valence-corrected chi connectivity index (χ1v) is 7.09. The molecule has 0 aromatic rings. The van der Waals surface area contributed by atoms with Crippen LogP contribution in [0.15, 0.2) is 0 Å². The average molecular weight is 242 g/mol. The molecule has 1 atom stereocenters. The summed E-state index contributed by atoms with van der Waals surface area (Å²) in [6.07, 6.45) is 5.98. The third kappa shape index (κ3) is 6.06. The van der Waals surface area contributed by atoms with Crippen LogP contribution < -0.4 is 11.1 Å². The molecular weight excluding hydrogens is 212 g/mol. The van der Waals surface area contributed by atoms with Crippen molar-refractivity contribution in [3.8, 4) is 0 Å². The van der Waals surface area contributed by atoms with Crippen LogP contribution in [0.2, 0.25) is 0 Å². The topological polar surface area (TPSA) is 55.1 Å². The Bertz CT molecular complexity index is 212. The summed E-state index contributed by atoms with van der Waals surface area (Å²) in [6.45, 7) is 8.98. The molecule has 3 nitrogen and oxygen atoms in total. The molecule has 0 spiro atoms. The fourth-order valence-electron chi connectivity index (χ4n) is 1.88. The number of amides is 1. The zero-order valence-electron chi connectivity index (χ0n) is 12.0. The van der Waals surface area contributed by atoms with Crippen LogP contribution in [0.3, 0.4) is 0 Å². The van der Waals surface area contributed by atoms with Crippen molar-refractivity contribution in [2.45, 2.75) is 71.8 Å². The van der Waals surface area contributed by atoms with E-state index in [0.717, 1.165) is 38.5 Å². The van der Waals surface area contributed by atoms with Crippen molar-refractivity contribution in [2.75, 3.05) is 6.54 Å². The monoisotopic (exact) mass is 242 g/mol. The number of hydrogen-bond donors (Lipinski definition) is 2. The smallest absolute Gasteiger partial charge is 0.223 e. The van der Waals surface area contributed by atoms with Crippen molar-refractivity contribution in [2.24, 2.45) is 11.7 Å². The molecule has 102 valence electrons. The molecule has 0 aliphatic heterocycles. The molecule has 3 N–H and O–H groups in total. The second-order valence-corrected chi connectivity index (χ2v) is 5.03. The lowest BCUT2D eigenvalue weighted by atomic mass is 9.93. The van der Waals surface area contributed by atoms with E-state index in [1.165, 1.54) is 0 Å². The van der Waals surface area contributed by atoms with Crippen LogP contribution in [0, 0.1) is 5.92 Å². The third-order valence-electron chi connectivity index (χ3n) is 3.79. The van der Waals surface area contributed by atoms with Gasteiger partial charge in [-0.1, -0.05) is 40.5 Å². The van der Waals surface area contributed by atoms with Gasteiger partial charge in [0, 0.05) is 18.0 Å². The van der Waals surface area contributed by atoms with Crippen LogP contribution in [0.5, 0.6) is 0 Å². The van der Waals surface area contributed by atoms with Crippen molar-refractivity contribution < 1.29 is 4.79 Å². The first-order valence-electron chi connectivity index (χ1n) is 7.09. The quantitative estimate of drug-likeness (QED) is 0.653. The molecule has 0 aliphatic rings. The second kappa shape index (κ2) is 8.51. The van der Waals surface area contributed by atoms with Crippen molar-refractivity contribution in [1.82, 2.24) is 5.32 Å². The highest BCUT2D eigenvalue weighted by atomic mass is 16.1. The lowest BCUT2D eigenvalue weighted by Gasteiger charge is -2.28. The molecule has 0 fully saturated rings. The van der Waals surface area contributed by atoms with E-state index in [-0.39, 0.29) is 17.4 Å². The van der Waals surface area contributed by atoms with E-state index in [9.17, 15) is 4.79 Å². The van der Waals surface area contributed by atoms with Gasteiger partial charge in [-0.25, -0.2) is 0 Å². The number of carbonyl (C=O) groups is 1. The highest BCUT2D eigenvalue weighted by molar-refractivity contribution is 5.78. The summed E-state index contributed by atoms with van der Waals surface area (Å²) in [5.74, 6) is 0.339. The summed E-state index contributed by atoms with van der Waals surface area (Å²) in [4.78, 5) is 12.0. The number of carbonyl (C=O) groups excluding carboxylic acids is 1. The van der Waals surface area contributed by atoms with Gasteiger partial charge in [0.15, 0.2) is 0 Å². The molecule has 0 saturated heterocycles. The van der Waals surface area contributed by atoms with Crippen molar-refractivity contribution >= 4 is 5.91 Å². The summed E-state index contributed by atoms with van der Waals surface area (Å²) < 4.78 is 0. The Morgan fingerprint density at radius 2 is 1.82 bits per heavy atom. The molecule has 0 aromatic heterocycles. The van der Waals surface area contributed by atoms with Gasteiger partial charge in [0.1, 0.15) is 0 Å². The lowest BCUT2D eigenvalue weighted by molar-refractivity contribution is -0.125. The second-order valence-electron chi connectivity index (χ2n) is 5.03. The summed E-state index contributed by atoms with van der Waals surface area (Å²) in [6, 6.07) is 0. The predicted octanol–water partition coefficient (Wildman–Crippen LogP) is 2.84. The first kappa shape index (κ1) is 16.4. The Hall–Kier alpha value is -0.570. The van der Waals surface area contributed by atoms with Crippen LogP contribution in [0.1, 0.15) is 66.2 Å². The summed E-state index contributed by atoms with van der Waals surface area (Å²) >= 11 is 0. The molecule has 0 radical (unpaired) electrons. The van der Waals surface area contributed by atoms with Gasteiger partial charge in [0.25, 0.3) is 0 Å². The van der Waals surface area contributed by atoms with Crippen LogP contribution in [-0.4, -0.2) is 18.0 Å². The molecule has 1 unspecified atom stereocenters. The summed E-state index contributed by atoms with van der Waals surface area (Å²) in [5.41, 5.74) is 5.93. The maximum absolute atomic E-state index is 12.0. The molecule has 0 heterocycles. The molecule has 0 aromatic carbocycles. The highest BCUT2D eigenvalue weighted by Crippen LogP contribution is 2.14. The highest BCUT2D eigenvalue weighted by Gasteiger charge is 2.23. The molecule has 17 heavy (non-hydrogen) atoms. The van der Waals surface area contributed by atoms with Crippen molar-refractivity contribution in [3.05, 3.63) is 0 Å². The molecular formula is C14H30N2O. The normalized spacial score (nSPS) is 13.5. The minimum Gasteiger partial charge on any atom is -0.354 e. The van der Waals surface area contributed by atoms with Crippen LogP contribution >= 0.6 is 0 Å². The average Bonchev–Trinajstić information content (AvgIpc) is 2.36. The van der Waals surface area contributed by atoms with Crippen molar-refractivity contribution in [3.63, 3.8) is 0 Å². The van der Waals surface area contributed by atoms with Gasteiger partial charge in [-0.05, 0) is 25.7 Å². The molecule has 3 heteroatoms. The molecule has 0 rings (SSSR count). The Balaban J connectivity index is 4.13. The lowest BCUT2D eigenvalue weighted by Crippen LogP contribution is -2.50. The van der Waals surface area contributed by atoms with E-state index in [0.29, 0.717) is 6.54 Å². The van der Waals surface area contributed by atoms with Gasteiger partial charge in [-0.2, -0.15) is 0 Å². The van der Waals surface area contributed by atoms with E-state index in [1.54, 1.807) is 0 Å². The standard InChI is InChI=1S/C14H30N2O/c1-5-9-10-12(6-2)13(17)16-11-14(15,7-3)8-4/h12H,5-11,15H2,1-4H3,(H,16,17). The van der Waals surface area contributed by atoms with E-state index < -0.39 is 0 Å². The maximum Gasteiger partial charge on any atom is 0.223 e. The molecule has 0 bridgehead atoms. The summed E-state index contributed by atoms with van der Waals surface area (Å²) in [7, 11) is 0. The maximum atomic E-state index is 12.0. The zero-order chi connectivity index (χ0) is 13.3.